The van der Waals surface area contributed by atoms with Crippen molar-refractivity contribution in [1.29, 1.82) is 5.41 Å². The second-order valence-corrected chi connectivity index (χ2v) is 6.22. The lowest BCUT2D eigenvalue weighted by Crippen LogP contribution is -2.36. The summed E-state index contributed by atoms with van der Waals surface area (Å²) in [5.41, 5.74) is 20.3. The topological polar surface area (TPSA) is 289 Å². The summed E-state index contributed by atoms with van der Waals surface area (Å²) in [4.78, 5) is 40.0. The van der Waals surface area contributed by atoms with Gasteiger partial charge in [-0.2, -0.15) is 0 Å². The molecular formula is C16H34N6O8. The molecule has 0 bridgehead atoms. The Labute approximate surface area is 174 Å². The molecule has 0 aliphatic heterocycles. The number of nitrogens with one attached hydrogen (secondary N) is 2. The van der Waals surface area contributed by atoms with E-state index < -0.39 is 48.4 Å². The third kappa shape index (κ3) is 21.3. The molecule has 0 aliphatic carbocycles. The highest BCUT2D eigenvalue weighted by molar-refractivity contribution is 5.80. The van der Waals surface area contributed by atoms with E-state index >= 15 is 0 Å². The summed E-state index contributed by atoms with van der Waals surface area (Å²) < 4.78 is 0. The molecule has 4 atom stereocenters. The van der Waals surface area contributed by atoms with Gasteiger partial charge in [0.1, 0.15) is 18.1 Å². The van der Waals surface area contributed by atoms with Gasteiger partial charge in [-0.15, -0.1) is 0 Å². The monoisotopic (exact) mass is 438 g/mol. The molecule has 0 radical (unpaired) electrons. The van der Waals surface area contributed by atoms with Gasteiger partial charge < -0.3 is 48.7 Å². The van der Waals surface area contributed by atoms with Crippen LogP contribution in [-0.2, 0) is 19.2 Å². The Kier molecular flexibility index (Phi) is 19.1. The van der Waals surface area contributed by atoms with Gasteiger partial charge in [0, 0.05) is 6.54 Å². The predicted octanol–water partition coefficient (Wildman–Crippen LogP) is -2.02. The van der Waals surface area contributed by atoms with Crippen LogP contribution in [0.1, 0.15) is 39.5 Å². The van der Waals surface area contributed by atoms with Gasteiger partial charge in [0.05, 0.1) is 6.42 Å². The fraction of sp³-hybridized carbons (Fsp3) is 0.688. The minimum Gasteiger partial charge on any atom is -0.481 e. The molecule has 0 aromatic heterocycles. The van der Waals surface area contributed by atoms with E-state index in [1.807, 2.05) is 13.8 Å². The summed E-state index contributed by atoms with van der Waals surface area (Å²) in [6.07, 6.45) is 1.26. The molecule has 0 saturated carbocycles. The van der Waals surface area contributed by atoms with Crippen LogP contribution in [0.15, 0.2) is 0 Å². The number of hydrogen-bond donors (Lipinski definition) is 10. The van der Waals surface area contributed by atoms with E-state index in [1.165, 1.54) is 0 Å². The molecule has 0 saturated heterocycles. The van der Waals surface area contributed by atoms with E-state index in [-0.39, 0.29) is 11.9 Å². The highest BCUT2D eigenvalue weighted by Gasteiger charge is 2.17. The number of nitrogens with two attached hydrogens (primary N) is 4. The van der Waals surface area contributed by atoms with Gasteiger partial charge in [0.25, 0.3) is 0 Å². The second kappa shape index (κ2) is 18.1. The number of aliphatic carboxylic acids is 4. The molecule has 176 valence electrons. The molecule has 0 aromatic rings. The van der Waals surface area contributed by atoms with E-state index in [1.54, 1.807) is 0 Å². The van der Waals surface area contributed by atoms with Crippen LogP contribution in [0.5, 0.6) is 0 Å². The first-order valence-corrected chi connectivity index (χ1v) is 8.92. The summed E-state index contributed by atoms with van der Waals surface area (Å²) in [7, 11) is 0. The van der Waals surface area contributed by atoms with E-state index in [9.17, 15) is 19.2 Å². The van der Waals surface area contributed by atoms with Crippen LogP contribution in [0, 0.1) is 11.3 Å². The fourth-order valence-electron chi connectivity index (χ4n) is 1.44. The first kappa shape index (κ1) is 31.7. The Hall–Kier alpha value is -2.97. The molecule has 0 aliphatic rings. The molecule has 0 spiro atoms. The lowest BCUT2D eigenvalue weighted by Gasteiger charge is -2.11. The van der Waals surface area contributed by atoms with Crippen molar-refractivity contribution in [3.8, 4) is 0 Å². The zero-order chi connectivity index (χ0) is 24.4. The van der Waals surface area contributed by atoms with Crippen LogP contribution in [-0.4, -0.2) is 74.9 Å². The number of carbonyl (C=O) groups is 4. The van der Waals surface area contributed by atoms with Crippen LogP contribution >= 0.6 is 0 Å². The Morgan fingerprint density at radius 1 is 0.933 bits per heavy atom. The number of hydrogen-bond acceptors (Lipinski definition) is 8. The molecule has 0 fully saturated rings. The number of carboxylic acids is 4. The first-order valence-electron chi connectivity index (χ1n) is 8.92. The van der Waals surface area contributed by atoms with Gasteiger partial charge in [-0.1, -0.05) is 20.3 Å². The molecule has 0 amide bonds. The SMILES string of the molecule is CC[C@H](C)[C@H](N)C(=O)O.N=C(N)NCCC[C@H](N)C(=O)O.N[C@@H](CC(=O)O)C(=O)O. The fourth-order valence-corrected chi connectivity index (χ4v) is 1.44. The maximum Gasteiger partial charge on any atom is 0.321 e. The molecule has 0 rings (SSSR count). The molecular weight excluding hydrogens is 404 g/mol. The number of rotatable bonds is 11. The van der Waals surface area contributed by atoms with E-state index in [4.69, 9.17) is 48.8 Å². The van der Waals surface area contributed by atoms with E-state index in [0.29, 0.717) is 19.4 Å². The van der Waals surface area contributed by atoms with E-state index in [2.05, 4.69) is 5.32 Å². The van der Waals surface area contributed by atoms with Crippen molar-refractivity contribution in [2.24, 2.45) is 28.9 Å². The lowest BCUT2D eigenvalue weighted by atomic mass is 10.0. The maximum absolute atomic E-state index is 10.2. The standard InChI is InChI=1S/C6H14N4O2.C6H13NO2.C4H7NO4/c7-4(5(11)12)2-1-3-10-6(8)9;1-3-4(2)5(7)6(8)9;5-2(4(8)9)1-3(6)7/h4H,1-3,7H2,(H,11,12)(H4,8,9,10);4-5H,3,7H2,1-2H3,(H,8,9);2H,1,5H2,(H,6,7)(H,8,9)/t4-;4-,5-;2-/m000/s1. The molecule has 0 heterocycles. The van der Waals surface area contributed by atoms with Crippen LogP contribution < -0.4 is 28.3 Å². The second-order valence-electron chi connectivity index (χ2n) is 6.22. The van der Waals surface area contributed by atoms with Crippen molar-refractivity contribution < 1.29 is 39.6 Å². The molecule has 14 nitrogen and oxygen atoms in total. The van der Waals surface area contributed by atoms with Gasteiger partial charge >= 0.3 is 23.9 Å². The average molecular weight is 438 g/mol. The van der Waals surface area contributed by atoms with Gasteiger partial charge in [0.15, 0.2) is 5.96 Å². The quantitative estimate of drug-likeness (QED) is 0.0947. The van der Waals surface area contributed by atoms with Gasteiger partial charge in [-0.05, 0) is 18.8 Å². The van der Waals surface area contributed by atoms with Crippen molar-refractivity contribution in [2.45, 2.75) is 57.7 Å². The van der Waals surface area contributed by atoms with Crippen molar-refractivity contribution in [1.82, 2.24) is 5.32 Å². The smallest absolute Gasteiger partial charge is 0.321 e. The molecule has 30 heavy (non-hydrogen) atoms. The van der Waals surface area contributed by atoms with Crippen LogP contribution in [0.2, 0.25) is 0 Å². The molecule has 0 unspecified atom stereocenters. The van der Waals surface area contributed by atoms with Gasteiger partial charge in [-0.25, -0.2) is 0 Å². The third-order valence-corrected chi connectivity index (χ3v) is 3.58. The summed E-state index contributed by atoms with van der Waals surface area (Å²) in [6.45, 7) is 4.24. The van der Waals surface area contributed by atoms with Crippen LogP contribution in [0.4, 0.5) is 0 Å². The first-order chi connectivity index (χ1) is 13.7. The zero-order valence-corrected chi connectivity index (χ0v) is 17.1. The Balaban J connectivity index is -0.000000371. The molecule has 14 N–H and O–H groups in total. The Morgan fingerprint density at radius 3 is 1.63 bits per heavy atom. The number of guanidine groups is 1. The van der Waals surface area contributed by atoms with Crippen molar-refractivity contribution in [3.05, 3.63) is 0 Å². The normalized spacial score (nSPS) is 13.6. The summed E-state index contributed by atoms with van der Waals surface area (Å²) in [6, 6.07) is -2.81. The van der Waals surface area contributed by atoms with Crippen molar-refractivity contribution in [2.75, 3.05) is 6.54 Å². The summed E-state index contributed by atoms with van der Waals surface area (Å²) >= 11 is 0. The molecule has 0 aromatic carbocycles. The minimum absolute atomic E-state index is 0.0718. The minimum atomic E-state index is -1.29. The largest absolute Gasteiger partial charge is 0.481 e. The van der Waals surface area contributed by atoms with Crippen LogP contribution in [0.25, 0.3) is 0 Å². The Bertz CT molecular complexity index is 560. The highest BCUT2D eigenvalue weighted by atomic mass is 16.4. The van der Waals surface area contributed by atoms with Crippen molar-refractivity contribution >= 4 is 29.8 Å². The highest BCUT2D eigenvalue weighted by Crippen LogP contribution is 2.04. The zero-order valence-electron chi connectivity index (χ0n) is 17.1. The Morgan fingerprint density at radius 2 is 1.40 bits per heavy atom. The number of carboxylic acid groups (broad SMARTS) is 4. The van der Waals surface area contributed by atoms with Gasteiger partial charge in [-0.3, -0.25) is 24.6 Å². The average Bonchev–Trinajstić information content (AvgIpc) is 2.63. The molecule has 14 heteroatoms. The predicted molar refractivity (Wildman–Crippen MR) is 108 cm³/mol. The lowest BCUT2D eigenvalue weighted by molar-refractivity contribution is -0.144. The van der Waals surface area contributed by atoms with Gasteiger partial charge in [0.2, 0.25) is 0 Å². The van der Waals surface area contributed by atoms with Crippen molar-refractivity contribution in [3.63, 3.8) is 0 Å². The van der Waals surface area contributed by atoms with Crippen LogP contribution in [0.3, 0.4) is 0 Å². The summed E-state index contributed by atoms with van der Waals surface area (Å²) in [5, 5.41) is 42.1. The maximum atomic E-state index is 10.2. The third-order valence-electron chi connectivity index (χ3n) is 3.58. The van der Waals surface area contributed by atoms with E-state index in [0.717, 1.165) is 6.42 Å². The summed E-state index contributed by atoms with van der Waals surface area (Å²) in [5.74, 6) is -4.45.